The Balaban J connectivity index is 1.46. The predicted octanol–water partition coefficient (Wildman–Crippen LogP) is 2.66. The molecule has 0 atom stereocenters. The van der Waals surface area contributed by atoms with Crippen LogP contribution in [0.5, 0.6) is 11.5 Å². The number of nitrogens with two attached hydrogens (primary N) is 1. The van der Waals surface area contributed by atoms with Crippen LogP contribution in [0.4, 0.5) is 11.8 Å². The number of ether oxygens (including phenoxy) is 3. The summed E-state index contributed by atoms with van der Waals surface area (Å²) in [6, 6.07) is 5.90. The molecule has 2 aromatic rings. The van der Waals surface area contributed by atoms with Gasteiger partial charge in [-0.2, -0.15) is 4.98 Å². The van der Waals surface area contributed by atoms with Gasteiger partial charge in [0, 0.05) is 30.8 Å². The second kappa shape index (κ2) is 9.95. The third-order valence-electron chi connectivity index (χ3n) is 5.62. The van der Waals surface area contributed by atoms with E-state index in [0.29, 0.717) is 12.5 Å². The number of likely N-dealkylation sites (tertiary alicyclic amines) is 1. The maximum atomic E-state index is 6.08. The fourth-order valence-corrected chi connectivity index (χ4v) is 3.82. The van der Waals surface area contributed by atoms with E-state index in [4.69, 9.17) is 19.9 Å². The molecule has 0 saturated carbocycles. The molecule has 3 N–H and O–H groups in total. The van der Waals surface area contributed by atoms with E-state index in [1.54, 1.807) is 13.3 Å². The van der Waals surface area contributed by atoms with Gasteiger partial charge in [-0.25, -0.2) is 4.98 Å². The Kier molecular flexibility index (Phi) is 6.86. The number of hydrogen-bond donors (Lipinski definition) is 2. The van der Waals surface area contributed by atoms with Gasteiger partial charge in [-0.3, -0.25) is 0 Å². The van der Waals surface area contributed by atoms with Gasteiger partial charge in [0.05, 0.1) is 26.9 Å². The van der Waals surface area contributed by atoms with E-state index in [2.05, 4.69) is 20.2 Å². The average Bonchev–Trinajstić information content (AvgIpc) is 3.24. The Labute approximate surface area is 177 Å². The fourth-order valence-electron chi connectivity index (χ4n) is 3.82. The lowest BCUT2D eigenvalue weighted by Crippen LogP contribution is -2.33. The van der Waals surface area contributed by atoms with Crippen LogP contribution in [0, 0.1) is 5.92 Å². The highest BCUT2D eigenvalue weighted by atomic mass is 16.5. The molecule has 2 saturated heterocycles. The zero-order chi connectivity index (χ0) is 20.8. The van der Waals surface area contributed by atoms with Gasteiger partial charge in [0.15, 0.2) is 11.5 Å². The molecular formula is C22H31N5O3. The molecule has 1 aromatic heterocycles. The van der Waals surface area contributed by atoms with Gasteiger partial charge < -0.3 is 30.2 Å². The molecule has 8 nitrogen and oxygen atoms in total. The molecule has 0 aliphatic carbocycles. The summed E-state index contributed by atoms with van der Waals surface area (Å²) >= 11 is 0. The van der Waals surface area contributed by atoms with Crippen LogP contribution < -0.4 is 20.5 Å². The molecule has 3 heterocycles. The molecule has 0 amide bonds. The Morgan fingerprint density at radius 2 is 2.07 bits per heavy atom. The van der Waals surface area contributed by atoms with E-state index in [1.165, 1.54) is 25.9 Å². The topological polar surface area (TPSA) is 94.8 Å². The highest BCUT2D eigenvalue weighted by molar-refractivity contribution is 5.77. The minimum absolute atomic E-state index is 0.248. The van der Waals surface area contributed by atoms with Gasteiger partial charge in [-0.15, -0.1) is 0 Å². The van der Waals surface area contributed by atoms with E-state index >= 15 is 0 Å². The zero-order valence-corrected chi connectivity index (χ0v) is 17.6. The highest BCUT2D eigenvalue weighted by Crippen LogP contribution is 2.35. The van der Waals surface area contributed by atoms with Crippen LogP contribution in [0.1, 0.15) is 19.3 Å². The van der Waals surface area contributed by atoms with Crippen LogP contribution >= 0.6 is 0 Å². The number of rotatable bonds is 10. The van der Waals surface area contributed by atoms with Crippen molar-refractivity contribution in [2.24, 2.45) is 5.92 Å². The molecule has 4 rings (SSSR count). The summed E-state index contributed by atoms with van der Waals surface area (Å²) < 4.78 is 16.8. The Morgan fingerprint density at radius 1 is 1.23 bits per heavy atom. The van der Waals surface area contributed by atoms with E-state index in [0.717, 1.165) is 61.2 Å². The van der Waals surface area contributed by atoms with Gasteiger partial charge in [-0.1, -0.05) is 6.07 Å². The first kappa shape index (κ1) is 20.7. The molecule has 1 aromatic carbocycles. The Hall–Kier alpha value is -2.58. The molecule has 2 aliphatic rings. The van der Waals surface area contributed by atoms with Crippen molar-refractivity contribution in [1.29, 1.82) is 0 Å². The number of aromatic nitrogens is 2. The standard InChI is InChI=1S/C22H31N5O3/c1-28-19-6-5-17(11-20(19)30-10-4-9-27-7-2-3-8-27)18-13-25-22(23)26-21(18)24-12-16-14-29-15-16/h5-6,11,13,16H,2-4,7-10,12,14-15H2,1H3,(H3,23,24,25,26). The van der Waals surface area contributed by atoms with Crippen molar-refractivity contribution in [3.05, 3.63) is 24.4 Å². The van der Waals surface area contributed by atoms with Crippen LogP contribution in [-0.2, 0) is 4.74 Å². The molecule has 8 heteroatoms. The van der Waals surface area contributed by atoms with Gasteiger partial charge >= 0.3 is 0 Å². The number of nitrogen functional groups attached to an aromatic ring is 1. The third kappa shape index (κ3) is 5.12. The maximum absolute atomic E-state index is 6.08. The lowest BCUT2D eigenvalue weighted by atomic mass is 10.1. The lowest BCUT2D eigenvalue weighted by molar-refractivity contribution is -0.0248. The second-order valence-electron chi connectivity index (χ2n) is 7.89. The van der Waals surface area contributed by atoms with Crippen molar-refractivity contribution in [2.75, 3.05) is 64.2 Å². The summed E-state index contributed by atoms with van der Waals surface area (Å²) in [5.74, 6) is 2.92. The first-order valence-electron chi connectivity index (χ1n) is 10.7. The summed E-state index contributed by atoms with van der Waals surface area (Å²) in [6.45, 7) is 6.49. The minimum Gasteiger partial charge on any atom is -0.493 e. The van der Waals surface area contributed by atoms with Crippen LogP contribution in [0.3, 0.4) is 0 Å². The normalized spacial score (nSPS) is 17.0. The van der Waals surface area contributed by atoms with Crippen molar-refractivity contribution >= 4 is 11.8 Å². The predicted molar refractivity (Wildman–Crippen MR) is 117 cm³/mol. The molecule has 162 valence electrons. The molecule has 30 heavy (non-hydrogen) atoms. The Morgan fingerprint density at radius 3 is 2.80 bits per heavy atom. The van der Waals surface area contributed by atoms with Crippen molar-refractivity contribution in [3.8, 4) is 22.6 Å². The first-order chi connectivity index (χ1) is 14.7. The molecular weight excluding hydrogens is 382 g/mol. The number of hydrogen-bond acceptors (Lipinski definition) is 8. The second-order valence-corrected chi connectivity index (χ2v) is 7.89. The number of anilines is 2. The molecule has 2 fully saturated rings. The maximum Gasteiger partial charge on any atom is 0.221 e. The van der Waals surface area contributed by atoms with E-state index in [9.17, 15) is 0 Å². The molecule has 2 aliphatic heterocycles. The van der Waals surface area contributed by atoms with Crippen LogP contribution in [0.15, 0.2) is 24.4 Å². The molecule has 0 unspecified atom stereocenters. The largest absolute Gasteiger partial charge is 0.493 e. The lowest BCUT2D eigenvalue weighted by Gasteiger charge is -2.26. The van der Waals surface area contributed by atoms with Gasteiger partial charge in [0.25, 0.3) is 0 Å². The van der Waals surface area contributed by atoms with E-state index in [-0.39, 0.29) is 5.95 Å². The number of nitrogens with zero attached hydrogens (tertiary/aromatic N) is 3. The van der Waals surface area contributed by atoms with Crippen molar-refractivity contribution in [3.63, 3.8) is 0 Å². The smallest absolute Gasteiger partial charge is 0.221 e. The molecule has 0 spiro atoms. The monoisotopic (exact) mass is 413 g/mol. The van der Waals surface area contributed by atoms with Gasteiger partial charge in [0.1, 0.15) is 5.82 Å². The first-order valence-corrected chi connectivity index (χ1v) is 10.7. The van der Waals surface area contributed by atoms with Crippen molar-refractivity contribution in [1.82, 2.24) is 14.9 Å². The fraction of sp³-hybridized carbons (Fsp3) is 0.545. The summed E-state index contributed by atoms with van der Waals surface area (Å²) in [7, 11) is 1.66. The van der Waals surface area contributed by atoms with Crippen molar-refractivity contribution in [2.45, 2.75) is 19.3 Å². The van der Waals surface area contributed by atoms with E-state index in [1.807, 2.05) is 18.2 Å². The zero-order valence-electron chi connectivity index (χ0n) is 17.6. The van der Waals surface area contributed by atoms with Crippen molar-refractivity contribution < 1.29 is 14.2 Å². The van der Waals surface area contributed by atoms with Crippen LogP contribution in [-0.4, -0.2) is 68.0 Å². The van der Waals surface area contributed by atoms with Crippen LogP contribution in [0.25, 0.3) is 11.1 Å². The third-order valence-corrected chi connectivity index (χ3v) is 5.62. The number of benzene rings is 1. The SMILES string of the molecule is COc1ccc(-c2cnc(N)nc2NCC2COC2)cc1OCCCN1CCCC1. The summed E-state index contributed by atoms with van der Waals surface area (Å²) in [5, 5.41) is 3.40. The summed E-state index contributed by atoms with van der Waals surface area (Å²) in [4.78, 5) is 11.1. The number of nitrogens with one attached hydrogen (secondary N) is 1. The Bertz CT molecular complexity index is 838. The van der Waals surface area contributed by atoms with E-state index < -0.39 is 0 Å². The van der Waals surface area contributed by atoms with Gasteiger partial charge in [-0.05, 0) is 50.0 Å². The average molecular weight is 414 g/mol. The van der Waals surface area contributed by atoms with Crippen LogP contribution in [0.2, 0.25) is 0 Å². The van der Waals surface area contributed by atoms with Gasteiger partial charge in [0.2, 0.25) is 5.95 Å². The minimum atomic E-state index is 0.248. The highest BCUT2D eigenvalue weighted by Gasteiger charge is 2.19. The number of methoxy groups -OCH3 is 1. The molecule has 0 bridgehead atoms. The quantitative estimate of drug-likeness (QED) is 0.574. The summed E-state index contributed by atoms with van der Waals surface area (Å²) in [5.41, 5.74) is 7.67. The molecule has 0 radical (unpaired) electrons. The summed E-state index contributed by atoms with van der Waals surface area (Å²) in [6.07, 6.45) is 5.37.